The Hall–Kier alpha value is -1.76. The van der Waals surface area contributed by atoms with Crippen LogP contribution in [0.2, 0.25) is 0 Å². The Morgan fingerprint density at radius 2 is 2.00 bits per heavy atom. The molecule has 1 heterocycles. The van der Waals surface area contributed by atoms with Crippen LogP contribution in [0.1, 0.15) is 23.7 Å². The lowest BCUT2D eigenvalue weighted by atomic mass is 9.87. The first-order chi connectivity index (χ1) is 11.2. The molecule has 5 heteroatoms. The number of benzene rings is 2. The van der Waals surface area contributed by atoms with Gasteiger partial charge < -0.3 is 5.32 Å². The lowest BCUT2D eigenvalue weighted by molar-refractivity contribution is 0.277. The molecule has 0 saturated heterocycles. The highest BCUT2D eigenvalue weighted by Crippen LogP contribution is 2.35. The molecule has 1 aliphatic carbocycles. The molecule has 1 aromatic heterocycles. The van der Waals surface area contributed by atoms with Crippen molar-refractivity contribution in [3.8, 4) is 0 Å². The third-order valence-corrected chi connectivity index (χ3v) is 5.02. The molecule has 0 saturated carbocycles. The number of hydrogen-bond donors (Lipinski definition) is 1. The molecule has 23 heavy (non-hydrogen) atoms. The SMILES string of the molecule is FC1c2ccccc2CCC1Nc1ncnc2ccc(I)cc12. The molecule has 3 nitrogen and oxygen atoms in total. The van der Waals surface area contributed by atoms with Gasteiger partial charge in [0.1, 0.15) is 18.3 Å². The second kappa shape index (κ2) is 6.03. The Morgan fingerprint density at radius 3 is 2.91 bits per heavy atom. The van der Waals surface area contributed by atoms with Crippen LogP contribution in [0.4, 0.5) is 10.2 Å². The number of anilines is 1. The Labute approximate surface area is 147 Å². The van der Waals surface area contributed by atoms with Crippen LogP contribution in [0.3, 0.4) is 0 Å². The van der Waals surface area contributed by atoms with Gasteiger partial charge in [-0.1, -0.05) is 24.3 Å². The number of hydrogen-bond acceptors (Lipinski definition) is 3. The first kappa shape index (κ1) is 14.8. The van der Waals surface area contributed by atoms with E-state index in [0.29, 0.717) is 5.82 Å². The van der Waals surface area contributed by atoms with E-state index in [9.17, 15) is 4.39 Å². The minimum absolute atomic E-state index is 0.263. The maximum atomic E-state index is 14.9. The highest BCUT2D eigenvalue weighted by atomic mass is 127. The molecule has 1 aliphatic rings. The summed E-state index contributed by atoms with van der Waals surface area (Å²) in [5.41, 5.74) is 2.78. The first-order valence-electron chi connectivity index (χ1n) is 7.61. The fourth-order valence-corrected chi connectivity index (χ4v) is 3.66. The predicted octanol–water partition coefficient (Wildman–Crippen LogP) is 4.67. The van der Waals surface area contributed by atoms with Crippen molar-refractivity contribution in [2.45, 2.75) is 25.1 Å². The summed E-state index contributed by atoms with van der Waals surface area (Å²) in [7, 11) is 0. The molecule has 0 aliphatic heterocycles. The van der Waals surface area contributed by atoms with Crippen LogP contribution in [-0.4, -0.2) is 16.0 Å². The average Bonchev–Trinajstić information content (AvgIpc) is 2.58. The van der Waals surface area contributed by atoms with E-state index in [-0.39, 0.29) is 6.04 Å². The monoisotopic (exact) mass is 419 g/mol. The summed E-state index contributed by atoms with van der Waals surface area (Å²) in [5, 5.41) is 4.25. The normalized spacial score (nSPS) is 20.3. The van der Waals surface area contributed by atoms with E-state index in [1.165, 1.54) is 6.33 Å². The number of nitrogens with zero attached hydrogens (tertiary/aromatic N) is 2. The smallest absolute Gasteiger partial charge is 0.145 e. The summed E-state index contributed by atoms with van der Waals surface area (Å²) in [5.74, 6) is 0.709. The fraction of sp³-hybridized carbons (Fsp3) is 0.222. The molecule has 4 rings (SSSR count). The van der Waals surface area contributed by atoms with Crippen molar-refractivity contribution in [2.24, 2.45) is 0 Å². The second-order valence-electron chi connectivity index (χ2n) is 5.77. The lowest BCUT2D eigenvalue weighted by Gasteiger charge is -2.29. The average molecular weight is 419 g/mol. The van der Waals surface area contributed by atoms with Crippen LogP contribution in [0.25, 0.3) is 10.9 Å². The molecule has 2 aromatic carbocycles. The second-order valence-corrected chi connectivity index (χ2v) is 7.02. The van der Waals surface area contributed by atoms with Crippen LogP contribution in [0.15, 0.2) is 48.8 Å². The molecule has 0 radical (unpaired) electrons. The summed E-state index contributed by atoms with van der Waals surface area (Å²) < 4.78 is 16.0. The van der Waals surface area contributed by atoms with Crippen LogP contribution >= 0.6 is 22.6 Å². The van der Waals surface area contributed by atoms with E-state index in [4.69, 9.17) is 0 Å². The van der Waals surface area contributed by atoms with E-state index in [1.54, 1.807) is 0 Å². The van der Waals surface area contributed by atoms with Crippen molar-refractivity contribution in [1.29, 1.82) is 0 Å². The topological polar surface area (TPSA) is 37.8 Å². The van der Waals surface area contributed by atoms with E-state index >= 15 is 0 Å². The zero-order valence-electron chi connectivity index (χ0n) is 12.3. The van der Waals surface area contributed by atoms with Crippen molar-refractivity contribution >= 4 is 39.3 Å². The minimum Gasteiger partial charge on any atom is -0.363 e. The molecule has 0 spiro atoms. The van der Waals surface area contributed by atoms with Crippen LogP contribution < -0.4 is 5.32 Å². The summed E-state index contributed by atoms with van der Waals surface area (Å²) in [6, 6.07) is 13.5. The molecule has 0 amide bonds. The van der Waals surface area contributed by atoms with Gasteiger partial charge >= 0.3 is 0 Å². The molecular weight excluding hydrogens is 404 g/mol. The maximum Gasteiger partial charge on any atom is 0.145 e. The number of fused-ring (bicyclic) bond motifs is 2. The minimum atomic E-state index is -1.02. The van der Waals surface area contributed by atoms with Crippen LogP contribution in [-0.2, 0) is 6.42 Å². The van der Waals surface area contributed by atoms with Gasteiger partial charge in [-0.2, -0.15) is 0 Å². The van der Waals surface area contributed by atoms with Crippen molar-refractivity contribution < 1.29 is 4.39 Å². The lowest BCUT2D eigenvalue weighted by Crippen LogP contribution is -2.30. The summed E-state index contributed by atoms with van der Waals surface area (Å²) in [6.07, 6.45) is 2.15. The zero-order chi connectivity index (χ0) is 15.8. The molecule has 2 atom stereocenters. The number of nitrogens with one attached hydrogen (secondary N) is 1. The third-order valence-electron chi connectivity index (χ3n) is 4.35. The molecule has 116 valence electrons. The number of rotatable bonds is 2. The van der Waals surface area contributed by atoms with Gasteiger partial charge in [-0.15, -0.1) is 0 Å². The largest absolute Gasteiger partial charge is 0.363 e. The number of aromatic nitrogens is 2. The number of halogens is 2. The summed E-state index contributed by atoms with van der Waals surface area (Å²) in [4.78, 5) is 8.62. The Morgan fingerprint density at radius 1 is 1.13 bits per heavy atom. The summed E-state index contributed by atoms with van der Waals surface area (Å²) >= 11 is 2.26. The van der Waals surface area contributed by atoms with Gasteiger partial charge in [0.2, 0.25) is 0 Å². The van der Waals surface area contributed by atoms with Crippen molar-refractivity contribution in [2.75, 3.05) is 5.32 Å². The first-order valence-corrected chi connectivity index (χ1v) is 8.69. The van der Waals surface area contributed by atoms with Crippen LogP contribution in [0, 0.1) is 3.57 Å². The van der Waals surface area contributed by atoms with E-state index in [1.807, 2.05) is 42.5 Å². The van der Waals surface area contributed by atoms with Gasteiger partial charge in [0.25, 0.3) is 0 Å². The molecule has 2 unspecified atom stereocenters. The Bertz CT molecular complexity index is 868. The molecule has 1 N–H and O–H groups in total. The van der Waals surface area contributed by atoms with Gasteiger partial charge in [0.15, 0.2) is 0 Å². The van der Waals surface area contributed by atoms with Crippen molar-refractivity contribution in [3.63, 3.8) is 0 Å². The van der Waals surface area contributed by atoms with Crippen molar-refractivity contribution in [3.05, 3.63) is 63.5 Å². The van der Waals surface area contributed by atoms with E-state index in [0.717, 1.165) is 38.4 Å². The van der Waals surface area contributed by atoms with Gasteiger partial charge in [-0.25, -0.2) is 14.4 Å². The quantitative estimate of drug-likeness (QED) is 0.614. The van der Waals surface area contributed by atoms with Gasteiger partial charge in [0, 0.05) is 8.96 Å². The highest BCUT2D eigenvalue weighted by Gasteiger charge is 2.29. The maximum absolute atomic E-state index is 14.9. The molecule has 0 bridgehead atoms. The van der Waals surface area contributed by atoms with Crippen molar-refractivity contribution in [1.82, 2.24) is 9.97 Å². The zero-order valence-corrected chi connectivity index (χ0v) is 14.5. The standard InChI is InChI=1S/C18H15FIN3/c19-17-13-4-2-1-3-11(13)5-7-16(17)23-18-14-9-12(20)6-8-15(14)21-10-22-18/h1-4,6,8-10,16-17H,5,7H2,(H,21,22,23). The van der Waals surface area contributed by atoms with E-state index in [2.05, 4.69) is 37.9 Å². The van der Waals surface area contributed by atoms with Gasteiger partial charge in [0.05, 0.1) is 11.6 Å². The summed E-state index contributed by atoms with van der Waals surface area (Å²) in [6.45, 7) is 0. The number of alkyl halides is 1. The van der Waals surface area contributed by atoms with Crippen LogP contribution in [0.5, 0.6) is 0 Å². The Balaban J connectivity index is 1.68. The predicted molar refractivity (Wildman–Crippen MR) is 98.3 cm³/mol. The van der Waals surface area contributed by atoms with Gasteiger partial charge in [-0.3, -0.25) is 0 Å². The third kappa shape index (κ3) is 2.78. The van der Waals surface area contributed by atoms with Gasteiger partial charge in [-0.05, 0) is 64.8 Å². The highest BCUT2D eigenvalue weighted by molar-refractivity contribution is 14.1. The number of aryl methyl sites for hydroxylation is 1. The van der Waals surface area contributed by atoms with E-state index < -0.39 is 6.17 Å². The Kier molecular flexibility index (Phi) is 3.88. The fourth-order valence-electron chi connectivity index (χ4n) is 3.17. The molecule has 3 aromatic rings. The molecule has 0 fully saturated rings. The molecular formula is C18H15FIN3.